The first-order valence-corrected chi connectivity index (χ1v) is 9.26. The van der Waals surface area contributed by atoms with Crippen LogP contribution >= 0.6 is 12.2 Å². The monoisotopic (exact) mass is 355 g/mol. The number of ether oxygens (including phenoxy) is 2. The third-order valence-corrected chi connectivity index (χ3v) is 4.90. The van der Waals surface area contributed by atoms with E-state index >= 15 is 0 Å². The number of nitrogens with one attached hydrogen (secondary N) is 1. The highest BCUT2D eigenvalue weighted by atomic mass is 32.1. The molecule has 4 heteroatoms. The molecule has 1 aliphatic carbocycles. The van der Waals surface area contributed by atoms with Crippen LogP contribution in [0.15, 0.2) is 36.4 Å². The van der Waals surface area contributed by atoms with Crippen molar-refractivity contribution in [1.29, 1.82) is 0 Å². The molecule has 1 N–H and O–H groups in total. The van der Waals surface area contributed by atoms with E-state index in [0.717, 1.165) is 29.0 Å². The number of rotatable bonds is 6. The molecule has 132 valence electrons. The number of hydrogen-bond donors (Lipinski definition) is 1. The molecule has 25 heavy (non-hydrogen) atoms. The Morgan fingerprint density at radius 1 is 1.20 bits per heavy atom. The number of thiocarbonyl (C=S) groups is 1. The minimum atomic E-state index is 0.373. The van der Waals surface area contributed by atoms with Crippen molar-refractivity contribution in [3.05, 3.63) is 58.7 Å². The third-order valence-electron chi connectivity index (χ3n) is 4.61. The van der Waals surface area contributed by atoms with E-state index in [1.807, 2.05) is 12.1 Å². The minimum Gasteiger partial charge on any atom is -0.488 e. The largest absolute Gasteiger partial charge is 0.488 e. The first-order valence-electron chi connectivity index (χ1n) is 8.86. The first kappa shape index (κ1) is 17.7. The van der Waals surface area contributed by atoms with Gasteiger partial charge in [-0.15, -0.1) is 0 Å². The van der Waals surface area contributed by atoms with Gasteiger partial charge in [-0.2, -0.15) is 0 Å². The molecule has 2 aromatic rings. The van der Waals surface area contributed by atoms with Crippen molar-refractivity contribution in [2.75, 3.05) is 7.05 Å². The molecule has 2 aromatic carbocycles. The van der Waals surface area contributed by atoms with Crippen LogP contribution < -0.4 is 14.8 Å². The quantitative estimate of drug-likeness (QED) is 0.747. The van der Waals surface area contributed by atoms with Gasteiger partial charge >= 0.3 is 0 Å². The van der Waals surface area contributed by atoms with Gasteiger partial charge in [0.2, 0.25) is 0 Å². The van der Waals surface area contributed by atoms with Crippen molar-refractivity contribution in [2.45, 2.75) is 45.6 Å². The molecule has 1 saturated carbocycles. The average Bonchev–Trinajstić information content (AvgIpc) is 3.46. The topological polar surface area (TPSA) is 30.5 Å². The highest BCUT2D eigenvalue weighted by Gasteiger charge is 2.28. The lowest BCUT2D eigenvalue weighted by Gasteiger charge is -2.17. The van der Waals surface area contributed by atoms with Crippen LogP contribution in [-0.4, -0.2) is 12.2 Å². The Morgan fingerprint density at radius 2 is 2.00 bits per heavy atom. The summed E-state index contributed by atoms with van der Waals surface area (Å²) in [5.41, 5.74) is 4.91. The second kappa shape index (κ2) is 7.87. The van der Waals surface area contributed by atoms with E-state index in [9.17, 15) is 0 Å². The zero-order valence-corrected chi connectivity index (χ0v) is 15.9. The second-order valence-electron chi connectivity index (χ2n) is 6.48. The van der Waals surface area contributed by atoms with Gasteiger partial charge in [0.1, 0.15) is 18.1 Å². The first-order chi connectivity index (χ1) is 12.1. The fourth-order valence-electron chi connectivity index (χ4n) is 3.00. The SMILES string of the molecule is CCc1ccc(OCc2c(OC(=S)NC)cccc2C2CC2)c(C)c1. The minimum absolute atomic E-state index is 0.373. The Balaban J connectivity index is 1.84. The average molecular weight is 356 g/mol. The van der Waals surface area contributed by atoms with Gasteiger partial charge in [0.25, 0.3) is 5.17 Å². The molecule has 3 rings (SSSR count). The lowest BCUT2D eigenvalue weighted by Crippen LogP contribution is -2.22. The predicted octanol–water partition coefficient (Wildman–Crippen LogP) is 4.90. The summed E-state index contributed by atoms with van der Waals surface area (Å²) in [7, 11) is 1.77. The van der Waals surface area contributed by atoms with Crippen molar-refractivity contribution in [2.24, 2.45) is 0 Å². The van der Waals surface area contributed by atoms with Crippen LogP contribution in [-0.2, 0) is 13.0 Å². The smallest absolute Gasteiger partial charge is 0.261 e. The van der Waals surface area contributed by atoms with E-state index in [4.69, 9.17) is 21.7 Å². The molecule has 3 nitrogen and oxygen atoms in total. The number of benzene rings is 2. The zero-order valence-electron chi connectivity index (χ0n) is 15.1. The van der Waals surface area contributed by atoms with Crippen LogP contribution in [0.3, 0.4) is 0 Å². The highest BCUT2D eigenvalue weighted by molar-refractivity contribution is 7.80. The van der Waals surface area contributed by atoms with Crippen molar-refractivity contribution in [3.63, 3.8) is 0 Å². The fraction of sp³-hybridized carbons (Fsp3) is 0.381. The lowest BCUT2D eigenvalue weighted by atomic mass is 10.0. The molecule has 1 fully saturated rings. The standard InChI is InChI=1S/C21H25NO2S/c1-4-15-8-11-19(14(2)12-15)23-13-18-17(16-9-10-16)6-5-7-20(18)24-21(25)22-3/h5-8,11-12,16H,4,9-10,13H2,1-3H3,(H,22,25). The predicted molar refractivity (Wildman–Crippen MR) is 106 cm³/mol. The molecule has 1 aliphatic rings. The van der Waals surface area contributed by atoms with Gasteiger partial charge in [-0.25, -0.2) is 0 Å². The Bertz CT molecular complexity index is 768. The van der Waals surface area contributed by atoms with Gasteiger partial charge in [0, 0.05) is 12.6 Å². The normalized spacial score (nSPS) is 13.4. The van der Waals surface area contributed by atoms with Crippen LogP contribution in [0, 0.1) is 6.92 Å². The van der Waals surface area contributed by atoms with Gasteiger partial charge in [0.15, 0.2) is 0 Å². The molecule has 0 radical (unpaired) electrons. The maximum absolute atomic E-state index is 6.15. The Labute approximate surface area is 155 Å². The summed E-state index contributed by atoms with van der Waals surface area (Å²) in [4.78, 5) is 0. The number of aryl methyl sites for hydroxylation is 2. The van der Waals surface area contributed by atoms with E-state index < -0.39 is 0 Å². The fourth-order valence-corrected chi connectivity index (χ4v) is 3.09. The van der Waals surface area contributed by atoms with Crippen LogP contribution in [0.5, 0.6) is 11.5 Å². The van der Waals surface area contributed by atoms with Gasteiger partial charge in [0.05, 0.1) is 0 Å². The molecular formula is C21H25NO2S. The van der Waals surface area contributed by atoms with Crippen LogP contribution in [0.1, 0.15) is 47.9 Å². The van der Waals surface area contributed by atoms with Crippen molar-refractivity contribution < 1.29 is 9.47 Å². The summed E-state index contributed by atoms with van der Waals surface area (Å²) in [6.07, 6.45) is 3.50. The Kier molecular flexibility index (Phi) is 5.59. The van der Waals surface area contributed by atoms with E-state index in [0.29, 0.717) is 17.7 Å². The van der Waals surface area contributed by atoms with E-state index in [1.165, 1.54) is 24.0 Å². The molecule has 0 amide bonds. The summed E-state index contributed by atoms with van der Waals surface area (Å²) in [5, 5.41) is 3.24. The zero-order chi connectivity index (χ0) is 17.8. The Hall–Kier alpha value is -2.07. The van der Waals surface area contributed by atoms with Crippen molar-refractivity contribution in [1.82, 2.24) is 5.32 Å². The summed E-state index contributed by atoms with van der Waals surface area (Å²) in [6.45, 7) is 4.74. The summed E-state index contributed by atoms with van der Waals surface area (Å²) < 4.78 is 12.0. The Morgan fingerprint density at radius 3 is 2.64 bits per heavy atom. The molecule has 0 aliphatic heterocycles. The van der Waals surface area contributed by atoms with Gasteiger partial charge in [-0.3, -0.25) is 0 Å². The van der Waals surface area contributed by atoms with Gasteiger partial charge < -0.3 is 14.8 Å². The van der Waals surface area contributed by atoms with Crippen molar-refractivity contribution >= 4 is 17.4 Å². The molecule has 0 atom stereocenters. The van der Waals surface area contributed by atoms with Crippen molar-refractivity contribution in [3.8, 4) is 11.5 Å². The second-order valence-corrected chi connectivity index (χ2v) is 6.85. The van der Waals surface area contributed by atoms with E-state index in [1.54, 1.807) is 7.05 Å². The lowest BCUT2D eigenvalue weighted by molar-refractivity contribution is 0.298. The molecule has 0 saturated heterocycles. The molecule has 0 spiro atoms. The van der Waals surface area contributed by atoms with E-state index in [2.05, 4.69) is 43.4 Å². The van der Waals surface area contributed by atoms with Crippen LogP contribution in [0.2, 0.25) is 0 Å². The van der Waals surface area contributed by atoms with Crippen LogP contribution in [0.4, 0.5) is 0 Å². The summed E-state index contributed by atoms with van der Waals surface area (Å²) >= 11 is 5.17. The maximum atomic E-state index is 6.15. The van der Waals surface area contributed by atoms with Gasteiger partial charge in [-0.05, 0) is 73.1 Å². The molecule has 0 aromatic heterocycles. The highest BCUT2D eigenvalue weighted by Crippen LogP contribution is 2.44. The van der Waals surface area contributed by atoms with Crippen LogP contribution in [0.25, 0.3) is 0 Å². The van der Waals surface area contributed by atoms with Gasteiger partial charge in [-0.1, -0.05) is 31.2 Å². The molecule has 0 unspecified atom stereocenters. The molecule has 0 heterocycles. The third kappa shape index (κ3) is 4.31. The number of hydrogen-bond acceptors (Lipinski definition) is 3. The summed E-state index contributed by atoms with van der Waals surface area (Å²) in [6, 6.07) is 12.6. The van der Waals surface area contributed by atoms with E-state index in [-0.39, 0.29) is 0 Å². The maximum Gasteiger partial charge on any atom is 0.261 e. The summed E-state index contributed by atoms with van der Waals surface area (Å²) in [5.74, 6) is 2.32. The molecule has 0 bridgehead atoms. The molecular weight excluding hydrogens is 330 g/mol.